The maximum atomic E-state index is 11.9. The van der Waals surface area contributed by atoms with Crippen molar-refractivity contribution in [3.8, 4) is 0 Å². The summed E-state index contributed by atoms with van der Waals surface area (Å²) in [4.78, 5) is 47.4. The smallest absolute Gasteiger partial charge is 0.328 e. The summed E-state index contributed by atoms with van der Waals surface area (Å²) in [5.41, 5.74) is 0. The lowest BCUT2D eigenvalue weighted by Crippen LogP contribution is -2.43. The van der Waals surface area contributed by atoms with Gasteiger partial charge in [0, 0.05) is 25.8 Å². The van der Waals surface area contributed by atoms with Crippen LogP contribution >= 0.6 is 0 Å². The van der Waals surface area contributed by atoms with E-state index >= 15 is 0 Å². The Morgan fingerprint density at radius 3 is 2.29 bits per heavy atom. The number of methoxy groups -OCH3 is 1. The number of amides is 3. The number of rotatable bonds is 7. The van der Waals surface area contributed by atoms with E-state index in [4.69, 9.17) is 0 Å². The molecule has 0 aromatic rings. The van der Waals surface area contributed by atoms with Crippen molar-refractivity contribution < 1.29 is 23.9 Å². The molecule has 0 radical (unpaired) electrons. The van der Waals surface area contributed by atoms with Gasteiger partial charge in [0.15, 0.2) is 0 Å². The van der Waals surface area contributed by atoms with Crippen molar-refractivity contribution >= 4 is 23.7 Å². The summed E-state index contributed by atoms with van der Waals surface area (Å²) in [6.45, 7) is 3.92. The number of nitrogens with zero attached hydrogens (tertiary/aromatic N) is 1. The van der Waals surface area contributed by atoms with Crippen LogP contribution in [-0.2, 0) is 23.9 Å². The molecule has 0 spiro atoms. The van der Waals surface area contributed by atoms with Crippen molar-refractivity contribution in [1.82, 2.24) is 10.2 Å². The Morgan fingerprint density at radius 2 is 1.81 bits per heavy atom. The summed E-state index contributed by atoms with van der Waals surface area (Å²) in [6.07, 6.45) is 0.875. The number of hydrogen-bond acceptors (Lipinski definition) is 5. The second kappa shape index (κ2) is 7.75. The molecule has 0 bridgehead atoms. The molecule has 1 aliphatic heterocycles. The van der Waals surface area contributed by atoms with Crippen LogP contribution in [0.3, 0.4) is 0 Å². The van der Waals surface area contributed by atoms with Crippen LogP contribution in [-0.4, -0.2) is 48.3 Å². The van der Waals surface area contributed by atoms with Gasteiger partial charge in [0.1, 0.15) is 6.04 Å². The van der Waals surface area contributed by atoms with Crippen molar-refractivity contribution in [3.05, 3.63) is 0 Å². The average molecular weight is 298 g/mol. The fourth-order valence-corrected chi connectivity index (χ4v) is 2.18. The fraction of sp³-hybridized carbons (Fsp3) is 0.714. The van der Waals surface area contributed by atoms with Crippen LogP contribution in [0.15, 0.2) is 0 Å². The molecule has 1 saturated heterocycles. The zero-order valence-corrected chi connectivity index (χ0v) is 12.7. The molecule has 1 rings (SSSR count). The highest BCUT2D eigenvalue weighted by Crippen LogP contribution is 2.12. The van der Waals surface area contributed by atoms with E-state index in [9.17, 15) is 19.2 Å². The first kappa shape index (κ1) is 17.1. The number of ether oxygens (including phenoxy) is 1. The van der Waals surface area contributed by atoms with Gasteiger partial charge in [-0.05, 0) is 12.3 Å². The van der Waals surface area contributed by atoms with E-state index in [0.717, 1.165) is 4.90 Å². The van der Waals surface area contributed by atoms with Crippen molar-refractivity contribution in [2.75, 3.05) is 13.7 Å². The van der Waals surface area contributed by atoms with Gasteiger partial charge in [-0.2, -0.15) is 0 Å². The Bertz CT molecular complexity index is 417. The zero-order chi connectivity index (χ0) is 16.0. The maximum absolute atomic E-state index is 11.9. The van der Waals surface area contributed by atoms with Gasteiger partial charge >= 0.3 is 5.97 Å². The topological polar surface area (TPSA) is 92.8 Å². The van der Waals surface area contributed by atoms with Crippen LogP contribution in [0.5, 0.6) is 0 Å². The molecule has 1 aliphatic rings. The maximum Gasteiger partial charge on any atom is 0.328 e. The van der Waals surface area contributed by atoms with E-state index < -0.39 is 12.0 Å². The van der Waals surface area contributed by atoms with Crippen LogP contribution in [0.2, 0.25) is 0 Å². The lowest BCUT2D eigenvalue weighted by Gasteiger charge is -2.19. The highest BCUT2D eigenvalue weighted by atomic mass is 16.5. The predicted octanol–water partition coefficient (Wildman–Crippen LogP) is 0.229. The second-order valence-electron chi connectivity index (χ2n) is 5.46. The van der Waals surface area contributed by atoms with E-state index in [1.54, 1.807) is 0 Å². The number of likely N-dealkylation sites (tertiary alicyclic amines) is 1. The molecule has 0 aromatic heterocycles. The fourth-order valence-electron chi connectivity index (χ4n) is 2.18. The van der Waals surface area contributed by atoms with E-state index in [2.05, 4.69) is 10.1 Å². The lowest BCUT2D eigenvalue weighted by atomic mass is 10.0. The van der Waals surface area contributed by atoms with Crippen molar-refractivity contribution in [2.45, 2.75) is 45.6 Å². The normalized spacial score (nSPS) is 16.3. The number of carbonyl (C=O) groups excluding carboxylic acids is 4. The van der Waals surface area contributed by atoms with Gasteiger partial charge in [0.25, 0.3) is 0 Å². The highest BCUT2D eigenvalue weighted by molar-refractivity contribution is 6.02. The van der Waals surface area contributed by atoms with Crippen LogP contribution < -0.4 is 5.32 Å². The predicted molar refractivity (Wildman–Crippen MR) is 74.0 cm³/mol. The first-order chi connectivity index (χ1) is 9.85. The molecule has 1 fully saturated rings. The molecule has 0 aliphatic carbocycles. The molecular formula is C14H22N2O5. The number of nitrogens with one attached hydrogen (secondary N) is 1. The third-order valence-electron chi connectivity index (χ3n) is 3.25. The Hall–Kier alpha value is -1.92. The molecule has 0 aromatic carbocycles. The Kier molecular flexibility index (Phi) is 6.33. The van der Waals surface area contributed by atoms with Gasteiger partial charge in [-0.1, -0.05) is 13.8 Å². The SMILES string of the molecule is COC(=O)C(CC(C)C)NC(=O)CCN1C(=O)CCC1=O. The molecule has 118 valence electrons. The highest BCUT2D eigenvalue weighted by Gasteiger charge is 2.29. The van der Waals surface area contributed by atoms with E-state index in [0.29, 0.717) is 6.42 Å². The zero-order valence-electron chi connectivity index (χ0n) is 12.7. The summed E-state index contributed by atoms with van der Waals surface area (Å²) >= 11 is 0. The Labute approximate surface area is 124 Å². The first-order valence-corrected chi connectivity index (χ1v) is 7.05. The van der Waals surface area contributed by atoms with Crippen LogP contribution in [0.25, 0.3) is 0 Å². The Balaban J connectivity index is 2.48. The molecule has 1 N–H and O–H groups in total. The summed E-state index contributed by atoms with van der Waals surface area (Å²) in [6, 6.07) is -0.701. The minimum Gasteiger partial charge on any atom is -0.467 e. The minimum atomic E-state index is -0.701. The first-order valence-electron chi connectivity index (χ1n) is 7.05. The van der Waals surface area contributed by atoms with Crippen LogP contribution in [0.4, 0.5) is 0 Å². The quantitative estimate of drug-likeness (QED) is 0.536. The monoisotopic (exact) mass is 298 g/mol. The number of esters is 1. The third-order valence-corrected chi connectivity index (χ3v) is 3.25. The molecular weight excluding hydrogens is 276 g/mol. The van der Waals surface area contributed by atoms with Gasteiger partial charge in [-0.15, -0.1) is 0 Å². The number of imide groups is 1. The van der Waals surface area contributed by atoms with Crippen LogP contribution in [0, 0.1) is 5.92 Å². The summed E-state index contributed by atoms with van der Waals surface area (Å²) in [5.74, 6) is -1.15. The molecule has 0 saturated carbocycles. The van der Waals surface area contributed by atoms with Crippen molar-refractivity contribution in [3.63, 3.8) is 0 Å². The molecule has 1 atom stereocenters. The van der Waals surface area contributed by atoms with Crippen molar-refractivity contribution in [2.24, 2.45) is 5.92 Å². The molecule has 7 heteroatoms. The number of hydrogen-bond donors (Lipinski definition) is 1. The standard InChI is InChI=1S/C14H22N2O5/c1-9(2)8-10(14(20)21-3)15-11(17)6-7-16-12(18)4-5-13(16)19/h9-10H,4-8H2,1-3H3,(H,15,17). The van der Waals surface area contributed by atoms with Crippen molar-refractivity contribution in [1.29, 1.82) is 0 Å². The van der Waals surface area contributed by atoms with E-state index in [-0.39, 0.29) is 49.4 Å². The van der Waals surface area contributed by atoms with Gasteiger partial charge in [-0.3, -0.25) is 19.3 Å². The molecule has 21 heavy (non-hydrogen) atoms. The largest absolute Gasteiger partial charge is 0.467 e. The minimum absolute atomic E-state index is 0.0108. The van der Waals surface area contributed by atoms with E-state index in [1.807, 2.05) is 13.8 Å². The summed E-state index contributed by atoms with van der Waals surface area (Å²) in [5, 5.41) is 2.59. The van der Waals surface area contributed by atoms with Gasteiger partial charge in [0.05, 0.1) is 7.11 Å². The molecule has 7 nitrogen and oxygen atoms in total. The van der Waals surface area contributed by atoms with Crippen LogP contribution in [0.1, 0.15) is 39.5 Å². The van der Waals surface area contributed by atoms with Gasteiger partial charge < -0.3 is 10.1 Å². The summed E-state index contributed by atoms with van der Waals surface area (Å²) in [7, 11) is 1.27. The second-order valence-corrected chi connectivity index (χ2v) is 5.46. The lowest BCUT2D eigenvalue weighted by molar-refractivity contribution is -0.146. The van der Waals surface area contributed by atoms with Gasteiger partial charge in [0.2, 0.25) is 17.7 Å². The average Bonchev–Trinajstić information content (AvgIpc) is 2.73. The number of carbonyl (C=O) groups is 4. The van der Waals surface area contributed by atoms with Gasteiger partial charge in [-0.25, -0.2) is 4.79 Å². The van der Waals surface area contributed by atoms with E-state index in [1.165, 1.54) is 7.11 Å². The molecule has 1 heterocycles. The Morgan fingerprint density at radius 1 is 1.24 bits per heavy atom. The summed E-state index contributed by atoms with van der Waals surface area (Å²) < 4.78 is 4.65. The molecule has 1 unspecified atom stereocenters. The molecule has 3 amide bonds. The third kappa shape index (κ3) is 5.17.